The number of hydrogen-bond acceptors (Lipinski definition) is 4. The fourth-order valence-corrected chi connectivity index (χ4v) is 5.92. The van der Waals surface area contributed by atoms with Crippen molar-refractivity contribution in [3.8, 4) is 11.5 Å². The van der Waals surface area contributed by atoms with Crippen LogP contribution in [0.4, 0.5) is 0 Å². The van der Waals surface area contributed by atoms with E-state index in [9.17, 15) is 10.2 Å². The molecule has 2 unspecified atom stereocenters. The van der Waals surface area contributed by atoms with E-state index in [0.29, 0.717) is 35.2 Å². The summed E-state index contributed by atoms with van der Waals surface area (Å²) < 4.78 is 0. The van der Waals surface area contributed by atoms with Crippen LogP contribution in [0.15, 0.2) is 34.3 Å². The Balaban J connectivity index is 1.78. The summed E-state index contributed by atoms with van der Waals surface area (Å²) >= 11 is 0. The Labute approximate surface area is 244 Å². The molecule has 0 saturated heterocycles. The van der Waals surface area contributed by atoms with Crippen LogP contribution >= 0.6 is 0 Å². The summed E-state index contributed by atoms with van der Waals surface area (Å²) in [7, 11) is 0. The zero-order valence-electron chi connectivity index (χ0n) is 26.4. The second-order valence-corrected chi connectivity index (χ2v) is 13.8. The van der Waals surface area contributed by atoms with E-state index < -0.39 is 0 Å². The highest BCUT2D eigenvalue weighted by Gasteiger charge is 2.21. The van der Waals surface area contributed by atoms with Crippen molar-refractivity contribution in [3.05, 3.63) is 57.6 Å². The average Bonchev–Trinajstić information content (AvgIpc) is 2.85. The standard InChI is InChI=1S/C36H54N2O2/c1-23(2)12-27-16-29(14-25(5)6)35(39)31(18-27)21-37-33-10-9-11-34(20-33)38-22-32-19-28(13-24(3)4)17-30(36(32)40)15-26(7)8/h16-19,21-26,33-34,39-40H,9-15,20H2,1-8H3. The third-order valence-corrected chi connectivity index (χ3v) is 7.57. The highest BCUT2D eigenvalue weighted by Crippen LogP contribution is 2.30. The molecule has 2 aromatic rings. The van der Waals surface area contributed by atoms with Gasteiger partial charge in [-0.25, -0.2) is 0 Å². The van der Waals surface area contributed by atoms with Crippen molar-refractivity contribution >= 4 is 12.4 Å². The summed E-state index contributed by atoms with van der Waals surface area (Å²) in [6, 6.07) is 8.96. The molecule has 0 amide bonds. The summed E-state index contributed by atoms with van der Waals surface area (Å²) in [4.78, 5) is 9.93. The number of aromatic hydroxyl groups is 2. The van der Waals surface area contributed by atoms with Crippen molar-refractivity contribution < 1.29 is 10.2 Å². The van der Waals surface area contributed by atoms with Crippen LogP contribution < -0.4 is 0 Å². The first-order chi connectivity index (χ1) is 18.9. The Hall–Kier alpha value is -2.62. The van der Waals surface area contributed by atoms with Crippen LogP contribution in [0.3, 0.4) is 0 Å². The fraction of sp³-hybridized carbons (Fsp3) is 0.611. The number of nitrogens with zero attached hydrogens (tertiary/aromatic N) is 2. The molecule has 2 aromatic carbocycles. The molecule has 40 heavy (non-hydrogen) atoms. The summed E-state index contributed by atoms with van der Waals surface area (Å²) in [5.41, 5.74) is 6.27. The van der Waals surface area contributed by atoms with Gasteiger partial charge in [0.15, 0.2) is 0 Å². The predicted octanol–water partition coefficient (Wildman–Crippen LogP) is 8.74. The van der Waals surface area contributed by atoms with Crippen LogP contribution in [0.25, 0.3) is 0 Å². The molecule has 0 heterocycles. The first-order valence-corrected chi connectivity index (χ1v) is 15.7. The van der Waals surface area contributed by atoms with E-state index in [0.717, 1.165) is 73.6 Å². The number of aliphatic imine (C=N–C) groups is 2. The van der Waals surface area contributed by atoms with Gasteiger partial charge in [0.25, 0.3) is 0 Å². The largest absolute Gasteiger partial charge is 0.507 e. The lowest BCUT2D eigenvalue weighted by Crippen LogP contribution is -2.21. The molecule has 1 aliphatic rings. The third kappa shape index (κ3) is 9.78. The van der Waals surface area contributed by atoms with E-state index in [-0.39, 0.29) is 12.1 Å². The topological polar surface area (TPSA) is 65.2 Å². The van der Waals surface area contributed by atoms with Crippen LogP contribution in [0.5, 0.6) is 11.5 Å². The Morgan fingerprint density at radius 3 is 1.35 bits per heavy atom. The molecule has 0 aliphatic heterocycles. The Bertz CT molecular complexity index is 1070. The molecule has 0 aromatic heterocycles. The maximum absolute atomic E-state index is 11.0. The predicted molar refractivity (Wildman–Crippen MR) is 172 cm³/mol. The Morgan fingerprint density at radius 1 is 0.625 bits per heavy atom. The van der Waals surface area contributed by atoms with Crippen molar-refractivity contribution in [2.45, 2.75) is 119 Å². The number of phenolic OH excluding ortho intramolecular Hbond substituents is 2. The van der Waals surface area contributed by atoms with Crippen LogP contribution in [0.2, 0.25) is 0 Å². The van der Waals surface area contributed by atoms with Crippen molar-refractivity contribution in [1.82, 2.24) is 0 Å². The van der Waals surface area contributed by atoms with Gasteiger partial charge in [0.05, 0.1) is 12.1 Å². The van der Waals surface area contributed by atoms with Gasteiger partial charge in [0.1, 0.15) is 11.5 Å². The minimum atomic E-state index is 0.190. The number of benzene rings is 2. The quantitative estimate of drug-likeness (QED) is 0.261. The minimum absolute atomic E-state index is 0.190. The van der Waals surface area contributed by atoms with Gasteiger partial charge in [-0.15, -0.1) is 0 Å². The van der Waals surface area contributed by atoms with E-state index in [1.165, 1.54) is 11.1 Å². The summed E-state index contributed by atoms with van der Waals surface area (Å²) in [5, 5.41) is 22.1. The minimum Gasteiger partial charge on any atom is -0.507 e. The molecular formula is C36H54N2O2. The van der Waals surface area contributed by atoms with E-state index in [2.05, 4.69) is 79.7 Å². The molecule has 0 bridgehead atoms. The molecule has 2 atom stereocenters. The fourth-order valence-electron chi connectivity index (χ4n) is 5.92. The average molecular weight is 547 g/mol. The maximum Gasteiger partial charge on any atom is 0.127 e. The van der Waals surface area contributed by atoms with Crippen molar-refractivity contribution in [3.63, 3.8) is 0 Å². The lowest BCUT2D eigenvalue weighted by Gasteiger charge is -2.24. The Kier molecular flexibility index (Phi) is 11.8. The second-order valence-electron chi connectivity index (χ2n) is 13.8. The number of rotatable bonds is 12. The third-order valence-electron chi connectivity index (χ3n) is 7.57. The lowest BCUT2D eigenvalue weighted by atomic mass is 9.91. The molecular weight excluding hydrogens is 492 g/mol. The van der Waals surface area contributed by atoms with Gasteiger partial charge in [-0.05, 0) is 109 Å². The van der Waals surface area contributed by atoms with Gasteiger partial charge >= 0.3 is 0 Å². The molecule has 4 nitrogen and oxygen atoms in total. The lowest BCUT2D eigenvalue weighted by molar-refractivity contribution is 0.397. The number of hydrogen-bond donors (Lipinski definition) is 2. The van der Waals surface area contributed by atoms with Gasteiger partial charge in [-0.1, -0.05) is 67.5 Å². The highest BCUT2D eigenvalue weighted by atomic mass is 16.3. The van der Waals surface area contributed by atoms with Gasteiger partial charge in [0.2, 0.25) is 0 Å². The summed E-state index contributed by atoms with van der Waals surface area (Å²) in [5.74, 6) is 2.84. The van der Waals surface area contributed by atoms with Gasteiger partial charge in [-0.3, -0.25) is 9.98 Å². The SMILES string of the molecule is CC(C)Cc1cc(C=NC2CCCC(N=Cc3cc(CC(C)C)cc(CC(C)C)c3O)C2)c(O)c(CC(C)C)c1. The van der Waals surface area contributed by atoms with Crippen molar-refractivity contribution in [2.24, 2.45) is 33.7 Å². The molecule has 2 N–H and O–H groups in total. The van der Waals surface area contributed by atoms with Crippen LogP contribution in [-0.4, -0.2) is 34.7 Å². The molecule has 1 saturated carbocycles. The normalized spacial score (nSPS) is 18.4. The summed E-state index contributed by atoms with van der Waals surface area (Å²) in [6.07, 6.45) is 11.6. The van der Waals surface area contributed by atoms with Crippen molar-refractivity contribution in [1.29, 1.82) is 0 Å². The zero-order chi connectivity index (χ0) is 29.4. The molecule has 3 rings (SSSR count). The van der Waals surface area contributed by atoms with Crippen LogP contribution in [-0.2, 0) is 25.7 Å². The zero-order valence-corrected chi connectivity index (χ0v) is 26.4. The first-order valence-electron chi connectivity index (χ1n) is 15.7. The molecule has 0 radical (unpaired) electrons. The molecule has 1 fully saturated rings. The molecule has 1 aliphatic carbocycles. The van der Waals surface area contributed by atoms with Gasteiger partial charge < -0.3 is 10.2 Å². The smallest absolute Gasteiger partial charge is 0.127 e. The molecule has 0 spiro atoms. The van der Waals surface area contributed by atoms with Crippen LogP contribution in [0, 0.1) is 23.7 Å². The van der Waals surface area contributed by atoms with E-state index in [1.807, 2.05) is 12.4 Å². The first kappa shape index (κ1) is 31.9. The van der Waals surface area contributed by atoms with Gasteiger partial charge in [0, 0.05) is 23.6 Å². The number of phenols is 2. The van der Waals surface area contributed by atoms with Crippen LogP contribution in [0.1, 0.15) is 114 Å². The monoisotopic (exact) mass is 546 g/mol. The Morgan fingerprint density at radius 2 is 1.00 bits per heavy atom. The highest BCUT2D eigenvalue weighted by molar-refractivity contribution is 5.85. The molecule has 4 heteroatoms. The van der Waals surface area contributed by atoms with Crippen molar-refractivity contribution in [2.75, 3.05) is 0 Å². The second kappa shape index (κ2) is 14.8. The summed E-state index contributed by atoms with van der Waals surface area (Å²) in [6.45, 7) is 17.7. The van der Waals surface area contributed by atoms with Gasteiger partial charge in [-0.2, -0.15) is 0 Å². The van der Waals surface area contributed by atoms with E-state index in [4.69, 9.17) is 9.98 Å². The van der Waals surface area contributed by atoms with E-state index >= 15 is 0 Å². The van der Waals surface area contributed by atoms with E-state index in [1.54, 1.807) is 0 Å². The molecule has 220 valence electrons. The maximum atomic E-state index is 11.0.